The summed E-state index contributed by atoms with van der Waals surface area (Å²) in [7, 11) is 2.97. The van der Waals surface area contributed by atoms with Crippen molar-refractivity contribution in [3.63, 3.8) is 0 Å². The summed E-state index contributed by atoms with van der Waals surface area (Å²) >= 11 is 0. The van der Waals surface area contributed by atoms with Gasteiger partial charge in [-0.05, 0) is 25.5 Å². The van der Waals surface area contributed by atoms with Crippen LogP contribution in [0.2, 0.25) is 0 Å². The van der Waals surface area contributed by atoms with Crippen molar-refractivity contribution < 1.29 is 38.1 Å². The summed E-state index contributed by atoms with van der Waals surface area (Å²) in [5, 5.41) is 2.47. The molecule has 9 nitrogen and oxygen atoms in total. The van der Waals surface area contributed by atoms with Gasteiger partial charge in [0, 0.05) is 25.3 Å². The van der Waals surface area contributed by atoms with Crippen molar-refractivity contribution in [3.8, 4) is 17.2 Å². The minimum Gasteiger partial charge on any atom is -0.493 e. The molecule has 1 amide bonds. The van der Waals surface area contributed by atoms with Crippen molar-refractivity contribution >= 4 is 17.8 Å². The summed E-state index contributed by atoms with van der Waals surface area (Å²) in [6, 6.07) is 1.67. The minimum atomic E-state index is -2.03. The second-order valence-electron chi connectivity index (χ2n) is 6.38. The van der Waals surface area contributed by atoms with Gasteiger partial charge in [-0.1, -0.05) is 0 Å². The molecule has 0 saturated carbocycles. The maximum absolute atomic E-state index is 12.9. The van der Waals surface area contributed by atoms with E-state index < -0.39 is 23.4 Å². The first kappa shape index (κ1) is 22.3. The topological polar surface area (TPSA) is 109 Å². The summed E-state index contributed by atoms with van der Waals surface area (Å²) in [4.78, 5) is 37.7. The summed E-state index contributed by atoms with van der Waals surface area (Å²) in [5.41, 5.74) is -0.677. The maximum atomic E-state index is 12.9. The number of carbonyl (C=O) groups is 3. The molecule has 29 heavy (non-hydrogen) atoms. The molecule has 0 bridgehead atoms. The number of rotatable bonds is 9. The Balaban J connectivity index is 2.64. The van der Waals surface area contributed by atoms with Crippen molar-refractivity contribution in [3.05, 3.63) is 17.2 Å². The molecule has 0 radical (unpaired) electrons. The first-order valence-corrected chi connectivity index (χ1v) is 9.37. The average molecular weight is 409 g/mol. The number of carbonyl (C=O) groups excluding carboxylic acids is 3. The van der Waals surface area contributed by atoms with E-state index >= 15 is 0 Å². The van der Waals surface area contributed by atoms with E-state index in [2.05, 4.69) is 5.32 Å². The van der Waals surface area contributed by atoms with Crippen molar-refractivity contribution in [2.45, 2.75) is 39.2 Å². The summed E-state index contributed by atoms with van der Waals surface area (Å²) in [6.07, 6.45) is 0.364. The summed E-state index contributed by atoms with van der Waals surface area (Å²) in [6.45, 7) is 4.93. The summed E-state index contributed by atoms with van der Waals surface area (Å²) in [5.74, 6) is -1.05. The van der Waals surface area contributed by atoms with Gasteiger partial charge in [0.25, 0.3) is 0 Å². The number of methoxy groups -OCH3 is 2. The van der Waals surface area contributed by atoms with E-state index in [1.54, 1.807) is 19.9 Å². The first-order chi connectivity index (χ1) is 13.8. The fraction of sp³-hybridized carbons (Fsp3) is 0.550. The zero-order valence-corrected chi connectivity index (χ0v) is 17.4. The van der Waals surface area contributed by atoms with E-state index in [0.29, 0.717) is 35.8 Å². The standard InChI is InChI=1S/C20H27NO8/c1-6-27-18(23)20(21-12(3)22,19(24)28-7-2)11-13-10-15(25-4)17(26-5)16-14(13)8-9-29-16/h10H,6-9,11H2,1-5H3,(H,21,22). The number of hydrogen-bond donors (Lipinski definition) is 1. The van der Waals surface area contributed by atoms with Crippen LogP contribution in [0.1, 0.15) is 31.9 Å². The van der Waals surface area contributed by atoms with E-state index in [1.807, 2.05) is 0 Å². The Labute approximate surface area is 169 Å². The fourth-order valence-corrected chi connectivity index (χ4v) is 3.36. The van der Waals surface area contributed by atoms with E-state index in [9.17, 15) is 14.4 Å². The van der Waals surface area contributed by atoms with Gasteiger partial charge >= 0.3 is 11.9 Å². The Hall–Kier alpha value is -2.97. The quantitative estimate of drug-likeness (QED) is 0.478. The Morgan fingerprint density at radius 1 is 1.10 bits per heavy atom. The van der Waals surface area contributed by atoms with Gasteiger partial charge in [-0.25, -0.2) is 9.59 Å². The van der Waals surface area contributed by atoms with Crippen LogP contribution < -0.4 is 19.5 Å². The Morgan fingerprint density at radius 2 is 1.72 bits per heavy atom. The highest BCUT2D eigenvalue weighted by molar-refractivity contribution is 6.08. The molecular formula is C20H27NO8. The van der Waals surface area contributed by atoms with Crippen LogP contribution in [0.15, 0.2) is 6.07 Å². The van der Waals surface area contributed by atoms with Crippen LogP contribution in [0, 0.1) is 0 Å². The van der Waals surface area contributed by atoms with Crippen LogP contribution in [0.3, 0.4) is 0 Å². The van der Waals surface area contributed by atoms with E-state index in [-0.39, 0.29) is 19.6 Å². The highest BCUT2D eigenvalue weighted by Crippen LogP contribution is 2.45. The fourth-order valence-electron chi connectivity index (χ4n) is 3.36. The minimum absolute atomic E-state index is 0.0344. The molecule has 0 aromatic heterocycles. The molecule has 0 atom stereocenters. The zero-order valence-electron chi connectivity index (χ0n) is 17.4. The van der Waals surface area contributed by atoms with Crippen LogP contribution >= 0.6 is 0 Å². The summed E-state index contributed by atoms with van der Waals surface area (Å²) < 4.78 is 26.7. The molecule has 1 aromatic rings. The first-order valence-electron chi connectivity index (χ1n) is 9.37. The molecule has 9 heteroatoms. The number of esters is 2. The molecule has 0 aliphatic carbocycles. The molecule has 0 fully saturated rings. The lowest BCUT2D eigenvalue weighted by Gasteiger charge is -2.30. The zero-order chi connectivity index (χ0) is 21.6. The normalized spacial score (nSPS) is 12.4. The highest BCUT2D eigenvalue weighted by Gasteiger charge is 2.51. The third-order valence-electron chi connectivity index (χ3n) is 4.51. The SMILES string of the molecule is CCOC(=O)C(Cc1cc(OC)c(OC)c2c1CCO2)(NC(C)=O)C(=O)OCC. The molecule has 160 valence electrons. The predicted molar refractivity (Wildman–Crippen MR) is 102 cm³/mol. The van der Waals surface area contributed by atoms with Gasteiger partial charge < -0.3 is 29.0 Å². The lowest BCUT2D eigenvalue weighted by Crippen LogP contribution is -2.62. The second kappa shape index (κ2) is 9.49. The van der Waals surface area contributed by atoms with Crippen molar-refractivity contribution in [2.75, 3.05) is 34.0 Å². The predicted octanol–water partition coefficient (Wildman–Crippen LogP) is 1.18. The third kappa shape index (κ3) is 4.38. The molecule has 2 rings (SSSR count). The molecule has 1 heterocycles. The van der Waals surface area contributed by atoms with Gasteiger partial charge in [0.1, 0.15) is 0 Å². The van der Waals surface area contributed by atoms with Gasteiger partial charge in [-0.2, -0.15) is 0 Å². The molecular weight excluding hydrogens is 382 g/mol. The number of amides is 1. The highest BCUT2D eigenvalue weighted by atomic mass is 16.6. The molecule has 1 aromatic carbocycles. The Morgan fingerprint density at radius 3 is 2.21 bits per heavy atom. The molecule has 0 saturated heterocycles. The lowest BCUT2D eigenvalue weighted by atomic mass is 9.87. The number of fused-ring (bicyclic) bond motifs is 1. The van der Waals surface area contributed by atoms with Crippen molar-refractivity contribution in [2.24, 2.45) is 0 Å². The van der Waals surface area contributed by atoms with E-state index in [1.165, 1.54) is 21.1 Å². The van der Waals surface area contributed by atoms with Crippen molar-refractivity contribution in [1.82, 2.24) is 5.32 Å². The van der Waals surface area contributed by atoms with Gasteiger partial charge in [-0.15, -0.1) is 0 Å². The average Bonchev–Trinajstić information content (AvgIpc) is 3.16. The number of nitrogens with one attached hydrogen (secondary N) is 1. The smallest absolute Gasteiger partial charge is 0.344 e. The maximum Gasteiger partial charge on any atom is 0.344 e. The largest absolute Gasteiger partial charge is 0.493 e. The monoisotopic (exact) mass is 409 g/mol. The van der Waals surface area contributed by atoms with Gasteiger partial charge in [0.15, 0.2) is 11.5 Å². The van der Waals surface area contributed by atoms with Gasteiger partial charge in [0.2, 0.25) is 17.2 Å². The van der Waals surface area contributed by atoms with E-state index in [4.69, 9.17) is 23.7 Å². The lowest BCUT2D eigenvalue weighted by molar-refractivity contribution is -0.168. The molecule has 1 N–H and O–H groups in total. The second-order valence-corrected chi connectivity index (χ2v) is 6.38. The van der Waals surface area contributed by atoms with Crippen LogP contribution in [0.25, 0.3) is 0 Å². The number of ether oxygens (including phenoxy) is 5. The van der Waals surface area contributed by atoms with Crippen LogP contribution in [-0.2, 0) is 36.7 Å². The molecule has 0 unspecified atom stereocenters. The Kier molecular flexibility index (Phi) is 7.30. The molecule has 1 aliphatic rings. The van der Waals surface area contributed by atoms with Crippen molar-refractivity contribution in [1.29, 1.82) is 0 Å². The van der Waals surface area contributed by atoms with Gasteiger partial charge in [0.05, 0.1) is 34.0 Å². The third-order valence-corrected chi connectivity index (χ3v) is 4.51. The molecule has 0 spiro atoms. The number of benzene rings is 1. The van der Waals surface area contributed by atoms with Crippen LogP contribution in [-0.4, -0.2) is 57.4 Å². The van der Waals surface area contributed by atoms with Gasteiger partial charge in [-0.3, -0.25) is 4.79 Å². The van der Waals surface area contributed by atoms with Crippen LogP contribution in [0.4, 0.5) is 0 Å². The van der Waals surface area contributed by atoms with E-state index in [0.717, 1.165) is 5.56 Å². The number of hydrogen-bond acceptors (Lipinski definition) is 8. The van der Waals surface area contributed by atoms with Crippen LogP contribution in [0.5, 0.6) is 17.2 Å². The Bertz CT molecular complexity index is 771. The molecule has 1 aliphatic heterocycles.